The van der Waals surface area contributed by atoms with E-state index in [2.05, 4.69) is 15.6 Å². The minimum atomic E-state index is -0.249. The molecule has 0 unspecified atom stereocenters. The van der Waals surface area contributed by atoms with Crippen LogP contribution >= 0.6 is 0 Å². The van der Waals surface area contributed by atoms with Crippen molar-refractivity contribution in [1.29, 1.82) is 0 Å². The van der Waals surface area contributed by atoms with Crippen molar-refractivity contribution in [3.8, 4) is 5.75 Å². The normalized spacial score (nSPS) is 14.3. The molecule has 1 aliphatic carbocycles. The Morgan fingerprint density at radius 1 is 1.07 bits per heavy atom. The molecule has 148 valence electrons. The molecule has 0 spiro atoms. The third-order valence-electron chi connectivity index (χ3n) is 4.89. The van der Waals surface area contributed by atoms with Crippen LogP contribution in [0, 0.1) is 5.92 Å². The lowest BCUT2D eigenvalue weighted by atomic mass is 9.87. The zero-order chi connectivity index (χ0) is 19.6. The van der Waals surface area contributed by atoms with E-state index in [0.717, 1.165) is 18.4 Å². The molecule has 2 N–H and O–H groups in total. The van der Waals surface area contributed by atoms with Crippen LogP contribution in [0.15, 0.2) is 48.8 Å². The molecule has 1 fully saturated rings. The smallest absolute Gasteiger partial charge is 0.243 e. The number of nitrogens with zero attached hydrogens (tertiary/aromatic N) is 1. The van der Waals surface area contributed by atoms with Gasteiger partial charge < -0.3 is 15.4 Å². The predicted molar refractivity (Wildman–Crippen MR) is 108 cm³/mol. The number of carbonyl (C=O) groups is 2. The van der Waals surface area contributed by atoms with Gasteiger partial charge in [0.1, 0.15) is 12.4 Å². The van der Waals surface area contributed by atoms with Gasteiger partial charge in [-0.1, -0.05) is 31.4 Å². The Bertz CT molecular complexity index is 774. The lowest BCUT2D eigenvalue weighted by Crippen LogP contribution is -2.34. The number of pyridine rings is 1. The highest BCUT2D eigenvalue weighted by atomic mass is 16.5. The van der Waals surface area contributed by atoms with Crippen molar-refractivity contribution in [3.63, 3.8) is 0 Å². The van der Waals surface area contributed by atoms with Gasteiger partial charge in [-0.3, -0.25) is 14.6 Å². The average molecular weight is 381 g/mol. The van der Waals surface area contributed by atoms with Crippen molar-refractivity contribution in [2.24, 2.45) is 5.92 Å². The minimum absolute atomic E-state index is 0.0215. The van der Waals surface area contributed by atoms with Crippen LogP contribution < -0.4 is 15.4 Å². The summed E-state index contributed by atoms with van der Waals surface area (Å²) in [6.07, 6.45) is 9.90. The Balaban J connectivity index is 1.41. The van der Waals surface area contributed by atoms with E-state index in [0.29, 0.717) is 30.4 Å². The van der Waals surface area contributed by atoms with Gasteiger partial charge in [-0.25, -0.2) is 0 Å². The summed E-state index contributed by atoms with van der Waals surface area (Å²) in [5.74, 6) is 0.824. The molecule has 1 aromatic heterocycles. The maximum absolute atomic E-state index is 12.1. The second-order valence-corrected chi connectivity index (χ2v) is 7.21. The summed E-state index contributed by atoms with van der Waals surface area (Å²) in [5, 5.41) is 5.52. The summed E-state index contributed by atoms with van der Waals surface area (Å²) in [7, 11) is 0. The number of carbonyl (C=O) groups excluding carboxylic acids is 2. The van der Waals surface area contributed by atoms with Gasteiger partial charge in [0.05, 0.1) is 6.54 Å². The first-order valence-corrected chi connectivity index (χ1v) is 9.87. The summed E-state index contributed by atoms with van der Waals surface area (Å²) >= 11 is 0. The zero-order valence-corrected chi connectivity index (χ0v) is 16.0. The maximum atomic E-state index is 12.1. The standard InChI is InChI=1S/C22H27N3O3/c26-21(12-17-6-2-1-3-7-17)24-15-22(27)25-19-9-4-10-20(13-19)28-16-18-8-5-11-23-14-18/h4-5,8-11,13-14,17H,1-3,6-7,12,15-16H2,(H,24,26)(H,25,27). The quantitative estimate of drug-likeness (QED) is 0.731. The molecule has 28 heavy (non-hydrogen) atoms. The van der Waals surface area contributed by atoms with E-state index < -0.39 is 0 Å². The van der Waals surface area contributed by atoms with E-state index >= 15 is 0 Å². The molecule has 3 rings (SSSR count). The summed E-state index contributed by atoms with van der Waals surface area (Å²) < 4.78 is 5.74. The summed E-state index contributed by atoms with van der Waals surface area (Å²) in [4.78, 5) is 28.2. The van der Waals surface area contributed by atoms with Crippen molar-refractivity contribution in [2.45, 2.75) is 45.1 Å². The molecule has 6 heteroatoms. The number of hydrogen-bond acceptors (Lipinski definition) is 4. The van der Waals surface area contributed by atoms with Crippen molar-refractivity contribution >= 4 is 17.5 Å². The number of aromatic nitrogens is 1. The summed E-state index contributed by atoms with van der Waals surface area (Å²) in [6.45, 7) is 0.384. The monoisotopic (exact) mass is 381 g/mol. The van der Waals surface area contributed by atoms with Crippen molar-refractivity contribution in [1.82, 2.24) is 10.3 Å². The first-order chi connectivity index (χ1) is 13.7. The highest BCUT2D eigenvalue weighted by Gasteiger charge is 2.17. The number of anilines is 1. The number of amides is 2. The lowest BCUT2D eigenvalue weighted by Gasteiger charge is -2.20. The fraction of sp³-hybridized carbons (Fsp3) is 0.409. The van der Waals surface area contributed by atoms with Gasteiger partial charge in [0, 0.05) is 36.1 Å². The summed E-state index contributed by atoms with van der Waals surface area (Å²) in [5.41, 5.74) is 1.60. The Morgan fingerprint density at radius 3 is 2.71 bits per heavy atom. The van der Waals surface area contributed by atoms with E-state index in [9.17, 15) is 9.59 Å². The number of nitrogens with one attached hydrogen (secondary N) is 2. The second kappa shape index (κ2) is 10.4. The van der Waals surface area contributed by atoms with E-state index in [1.807, 2.05) is 24.3 Å². The Hall–Kier alpha value is -2.89. The predicted octanol–water partition coefficient (Wildman–Crippen LogP) is 3.69. The van der Waals surface area contributed by atoms with Crippen LogP contribution in [0.3, 0.4) is 0 Å². The van der Waals surface area contributed by atoms with Gasteiger partial charge in [0.15, 0.2) is 0 Å². The van der Waals surface area contributed by atoms with Crippen LogP contribution in [0.1, 0.15) is 44.1 Å². The van der Waals surface area contributed by atoms with Gasteiger partial charge >= 0.3 is 0 Å². The number of rotatable bonds is 8. The highest BCUT2D eigenvalue weighted by Crippen LogP contribution is 2.26. The molecule has 1 heterocycles. The molecule has 2 aromatic rings. The molecule has 0 saturated heterocycles. The van der Waals surface area contributed by atoms with E-state index in [1.165, 1.54) is 19.3 Å². The zero-order valence-electron chi connectivity index (χ0n) is 16.0. The molecular formula is C22H27N3O3. The SMILES string of the molecule is O=C(CC1CCCCC1)NCC(=O)Nc1cccc(OCc2cccnc2)c1. The lowest BCUT2D eigenvalue weighted by molar-refractivity contribution is -0.125. The van der Waals surface area contributed by atoms with Crippen LogP contribution in [0.4, 0.5) is 5.69 Å². The molecule has 2 amide bonds. The van der Waals surface area contributed by atoms with E-state index in [1.54, 1.807) is 24.5 Å². The molecule has 0 aliphatic heterocycles. The molecule has 1 aromatic carbocycles. The van der Waals surface area contributed by atoms with Crippen LogP contribution in [-0.4, -0.2) is 23.3 Å². The average Bonchev–Trinajstić information content (AvgIpc) is 2.73. The third-order valence-corrected chi connectivity index (χ3v) is 4.89. The minimum Gasteiger partial charge on any atom is -0.489 e. The maximum Gasteiger partial charge on any atom is 0.243 e. The van der Waals surface area contributed by atoms with Crippen LogP contribution in [0.25, 0.3) is 0 Å². The fourth-order valence-corrected chi connectivity index (χ4v) is 3.42. The van der Waals surface area contributed by atoms with Crippen molar-refractivity contribution in [3.05, 3.63) is 54.4 Å². The number of ether oxygens (including phenoxy) is 1. The first kappa shape index (κ1) is 19.9. The molecular weight excluding hydrogens is 354 g/mol. The summed E-state index contributed by atoms with van der Waals surface area (Å²) in [6, 6.07) is 11.0. The van der Waals surface area contributed by atoms with Gasteiger partial charge in [-0.2, -0.15) is 0 Å². The number of hydrogen-bond donors (Lipinski definition) is 2. The van der Waals surface area contributed by atoms with E-state index in [-0.39, 0.29) is 18.4 Å². The van der Waals surface area contributed by atoms with Crippen molar-refractivity contribution < 1.29 is 14.3 Å². The molecule has 0 atom stereocenters. The van der Waals surface area contributed by atoms with Gasteiger partial charge in [-0.05, 0) is 37.0 Å². The largest absolute Gasteiger partial charge is 0.489 e. The molecule has 0 radical (unpaired) electrons. The van der Waals surface area contributed by atoms with Gasteiger partial charge in [0.2, 0.25) is 11.8 Å². The number of benzene rings is 1. The Morgan fingerprint density at radius 2 is 1.93 bits per heavy atom. The van der Waals surface area contributed by atoms with Gasteiger partial charge in [0.25, 0.3) is 0 Å². The van der Waals surface area contributed by atoms with Crippen LogP contribution in [0.5, 0.6) is 5.75 Å². The molecule has 1 saturated carbocycles. The molecule has 1 aliphatic rings. The van der Waals surface area contributed by atoms with Gasteiger partial charge in [-0.15, -0.1) is 0 Å². The Labute approximate surface area is 165 Å². The highest BCUT2D eigenvalue weighted by molar-refractivity contribution is 5.94. The topological polar surface area (TPSA) is 80.3 Å². The second-order valence-electron chi connectivity index (χ2n) is 7.21. The van der Waals surface area contributed by atoms with Crippen LogP contribution in [0.2, 0.25) is 0 Å². The fourth-order valence-electron chi connectivity index (χ4n) is 3.42. The first-order valence-electron chi connectivity index (χ1n) is 9.87. The molecule has 6 nitrogen and oxygen atoms in total. The third kappa shape index (κ3) is 6.68. The van der Waals surface area contributed by atoms with Crippen LogP contribution in [-0.2, 0) is 16.2 Å². The van der Waals surface area contributed by atoms with Crippen molar-refractivity contribution in [2.75, 3.05) is 11.9 Å². The molecule has 0 bridgehead atoms. The Kier molecular flexibility index (Phi) is 7.41. The van der Waals surface area contributed by atoms with E-state index in [4.69, 9.17) is 4.74 Å².